The molecule has 1 aromatic heterocycles. The molecule has 21 heavy (non-hydrogen) atoms. The Balaban J connectivity index is 2.44. The van der Waals surface area contributed by atoms with Crippen LogP contribution in [0.5, 0.6) is 0 Å². The van der Waals surface area contributed by atoms with Gasteiger partial charge in [-0.25, -0.2) is 0 Å². The van der Waals surface area contributed by atoms with Crippen LogP contribution in [0, 0.1) is 0 Å². The van der Waals surface area contributed by atoms with Gasteiger partial charge in [-0.1, -0.05) is 43.3 Å². The summed E-state index contributed by atoms with van der Waals surface area (Å²) in [7, 11) is 0. The van der Waals surface area contributed by atoms with Crippen molar-refractivity contribution in [2.24, 2.45) is 0 Å². The maximum atomic E-state index is 12.7. The molecule has 0 aliphatic carbocycles. The van der Waals surface area contributed by atoms with Crippen LogP contribution in [0.4, 0.5) is 0 Å². The van der Waals surface area contributed by atoms with E-state index >= 15 is 0 Å². The van der Waals surface area contributed by atoms with Crippen LogP contribution in [0.3, 0.4) is 0 Å². The average Bonchev–Trinajstić information content (AvgIpc) is 2.49. The fraction of sp³-hybridized carbons (Fsp3) is 0.389. The van der Waals surface area contributed by atoms with Crippen LogP contribution in [0.2, 0.25) is 0 Å². The quantitative estimate of drug-likeness (QED) is 0.822. The van der Waals surface area contributed by atoms with Gasteiger partial charge < -0.3 is 9.88 Å². The molecule has 0 aliphatic heterocycles. The number of pyridine rings is 1. The highest BCUT2D eigenvalue weighted by Crippen LogP contribution is 2.21. The van der Waals surface area contributed by atoms with Gasteiger partial charge in [0, 0.05) is 18.2 Å². The molecule has 2 aromatic rings. The maximum absolute atomic E-state index is 12.7. The molecule has 0 unspecified atom stereocenters. The third-order valence-electron chi connectivity index (χ3n) is 3.52. The average molecular weight is 284 g/mol. The summed E-state index contributed by atoms with van der Waals surface area (Å²) >= 11 is 0. The van der Waals surface area contributed by atoms with Crippen LogP contribution >= 0.6 is 0 Å². The van der Waals surface area contributed by atoms with Crippen molar-refractivity contribution in [1.82, 2.24) is 9.88 Å². The summed E-state index contributed by atoms with van der Waals surface area (Å²) in [4.78, 5) is 12.7. The fourth-order valence-electron chi connectivity index (χ4n) is 2.49. The Bertz CT molecular complexity index is 629. The van der Waals surface area contributed by atoms with Gasteiger partial charge in [-0.3, -0.25) is 4.79 Å². The van der Waals surface area contributed by atoms with Crippen LogP contribution in [0.1, 0.15) is 38.8 Å². The van der Waals surface area contributed by atoms with Crippen molar-refractivity contribution in [2.75, 3.05) is 6.54 Å². The second-order valence-corrected chi connectivity index (χ2v) is 5.56. The smallest absolute Gasteiger partial charge is 0.255 e. The molecular weight excluding hydrogens is 260 g/mol. The number of aromatic nitrogens is 1. The molecule has 0 spiro atoms. The summed E-state index contributed by atoms with van der Waals surface area (Å²) in [5.74, 6) is 0. The second kappa shape index (κ2) is 7.23. The van der Waals surface area contributed by atoms with E-state index in [0.717, 1.165) is 29.8 Å². The molecule has 1 aromatic carbocycles. The van der Waals surface area contributed by atoms with Crippen molar-refractivity contribution in [3.63, 3.8) is 0 Å². The first-order valence-electron chi connectivity index (χ1n) is 7.65. The van der Waals surface area contributed by atoms with Crippen LogP contribution in [-0.2, 0) is 6.54 Å². The molecule has 112 valence electrons. The van der Waals surface area contributed by atoms with E-state index in [1.54, 1.807) is 0 Å². The molecule has 0 saturated carbocycles. The van der Waals surface area contributed by atoms with Gasteiger partial charge in [-0.15, -0.1) is 0 Å². The molecule has 1 heterocycles. The first-order chi connectivity index (χ1) is 10.1. The fourth-order valence-corrected chi connectivity index (χ4v) is 2.49. The van der Waals surface area contributed by atoms with Crippen LogP contribution in [0.15, 0.2) is 47.3 Å². The summed E-state index contributed by atoms with van der Waals surface area (Å²) in [6, 6.07) is 14.2. The highest BCUT2D eigenvalue weighted by atomic mass is 16.1. The zero-order valence-corrected chi connectivity index (χ0v) is 13.1. The van der Waals surface area contributed by atoms with E-state index in [1.165, 1.54) is 0 Å². The SMILES string of the molecule is CCCNCc1ccc(-c2ccccc2)n(C(C)C)c1=O. The van der Waals surface area contributed by atoms with Crippen LogP contribution in [-0.4, -0.2) is 11.1 Å². The maximum Gasteiger partial charge on any atom is 0.255 e. The molecule has 0 aliphatic rings. The molecular formula is C18H24N2O. The number of nitrogens with zero attached hydrogens (tertiary/aromatic N) is 1. The van der Waals surface area contributed by atoms with Crippen molar-refractivity contribution in [3.8, 4) is 11.3 Å². The highest BCUT2D eigenvalue weighted by molar-refractivity contribution is 5.59. The van der Waals surface area contributed by atoms with Gasteiger partial charge in [-0.05, 0) is 38.4 Å². The Hall–Kier alpha value is -1.87. The minimum atomic E-state index is 0.106. The van der Waals surface area contributed by atoms with Crippen molar-refractivity contribution >= 4 is 0 Å². The normalized spacial score (nSPS) is 11.0. The molecule has 3 nitrogen and oxygen atoms in total. The third kappa shape index (κ3) is 3.61. The first-order valence-corrected chi connectivity index (χ1v) is 7.65. The first kappa shape index (κ1) is 15.5. The van der Waals surface area contributed by atoms with E-state index in [-0.39, 0.29) is 11.6 Å². The minimum absolute atomic E-state index is 0.106. The Morgan fingerprint density at radius 2 is 1.81 bits per heavy atom. The zero-order valence-electron chi connectivity index (χ0n) is 13.1. The number of hydrogen-bond donors (Lipinski definition) is 1. The summed E-state index contributed by atoms with van der Waals surface area (Å²) in [6.45, 7) is 7.79. The van der Waals surface area contributed by atoms with Gasteiger partial charge >= 0.3 is 0 Å². The number of rotatable bonds is 6. The minimum Gasteiger partial charge on any atom is -0.312 e. The molecule has 1 N–H and O–H groups in total. The van der Waals surface area contributed by atoms with Crippen molar-refractivity contribution in [1.29, 1.82) is 0 Å². The largest absolute Gasteiger partial charge is 0.312 e. The van der Waals surface area contributed by atoms with Gasteiger partial charge in [-0.2, -0.15) is 0 Å². The molecule has 2 rings (SSSR count). The predicted octanol–water partition coefficient (Wildman–Crippen LogP) is 3.60. The standard InChI is InChI=1S/C18H24N2O/c1-4-12-19-13-16-10-11-17(15-8-6-5-7-9-15)20(14(2)3)18(16)21/h5-11,14,19H,4,12-13H2,1-3H3. The monoisotopic (exact) mass is 284 g/mol. The summed E-state index contributed by atoms with van der Waals surface area (Å²) < 4.78 is 1.89. The van der Waals surface area contributed by atoms with Gasteiger partial charge in [0.25, 0.3) is 5.56 Å². The van der Waals surface area contributed by atoms with E-state index in [9.17, 15) is 4.79 Å². The molecule has 3 heteroatoms. The Morgan fingerprint density at radius 3 is 2.43 bits per heavy atom. The molecule has 0 radical (unpaired) electrons. The van der Waals surface area contributed by atoms with Gasteiger partial charge in [0.15, 0.2) is 0 Å². The lowest BCUT2D eigenvalue weighted by molar-refractivity contribution is 0.573. The van der Waals surface area contributed by atoms with Crippen molar-refractivity contribution < 1.29 is 0 Å². The van der Waals surface area contributed by atoms with E-state index in [4.69, 9.17) is 0 Å². The second-order valence-electron chi connectivity index (χ2n) is 5.56. The van der Waals surface area contributed by atoms with Gasteiger partial charge in [0.2, 0.25) is 0 Å². The van der Waals surface area contributed by atoms with E-state index in [1.807, 2.05) is 41.0 Å². The number of benzene rings is 1. The molecule has 0 atom stereocenters. The van der Waals surface area contributed by atoms with Crippen molar-refractivity contribution in [3.05, 3.63) is 58.4 Å². The van der Waals surface area contributed by atoms with E-state index in [0.29, 0.717) is 6.54 Å². The molecule has 0 saturated heterocycles. The Labute approximate surface area is 126 Å². The zero-order chi connectivity index (χ0) is 15.2. The topological polar surface area (TPSA) is 34.0 Å². The van der Waals surface area contributed by atoms with Gasteiger partial charge in [0.1, 0.15) is 0 Å². The highest BCUT2D eigenvalue weighted by Gasteiger charge is 2.12. The van der Waals surface area contributed by atoms with E-state index < -0.39 is 0 Å². The number of hydrogen-bond acceptors (Lipinski definition) is 2. The van der Waals surface area contributed by atoms with Crippen LogP contribution < -0.4 is 10.9 Å². The van der Waals surface area contributed by atoms with E-state index in [2.05, 4.69) is 32.2 Å². The molecule has 0 bridgehead atoms. The summed E-state index contributed by atoms with van der Waals surface area (Å²) in [5.41, 5.74) is 3.00. The summed E-state index contributed by atoms with van der Waals surface area (Å²) in [5, 5.41) is 3.30. The van der Waals surface area contributed by atoms with Crippen molar-refractivity contribution in [2.45, 2.75) is 39.8 Å². The lowest BCUT2D eigenvalue weighted by Gasteiger charge is -2.18. The lowest BCUT2D eigenvalue weighted by atomic mass is 10.1. The Morgan fingerprint density at radius 1 is 1.10 bits per heavy atom. The van der Waals surface area contributed by atoms with Crippen LogP contribution in [0.25, 0.3) is 11.3 Å². The van der Waals surface area contributed by atoms with Gasteiger partial charge in [0.05, 0.1) is 5.69 Å². The predicted molar refractivity (Wildman–Crippen MR) is 88.5 cm³/mol. The molecule has 0 amide bonds. The molecule has 0 fully saturated rings. The Kier molecular flexibility index (Phi) is 5.34. The summed E-state index contributed by atoms with van der Waals surface area (Å²) in [6.07, 6.45) is 1.07. The number of nitrogens with one attached hydrogen (secondary N) is 1. The third-order valence-corrected chi connectivity index (χ3v) is 3.52. The lowest BCUT2D eigenvalue weighted by Crippen LogP contribution is -2.29.